The molecular formula is C22H39O10Zr. The Kier molecular flexibility index (Phi) is 35.3. The van der Waals surface area contributed by atoms with Crippen LogP contribution in [-0.4, -0.2) is 42.4 Å². The molecule has 33 heavy (non-hydrogen) atoms. The number of rotatable bonds is 9. The summed E-state index contributed by atoms with van der Waals surface area (Å²) in [5.41, 5.74) is 0. The molecule has 191 valence electrons. The van der Waals surface area contributed by atoms with Crippen molar-refractivity contribution in [1.29, 1.82) is 0 Å². The molecule has 0 fully saturated rings. The van der Waals surface area contributed by atoms with E-state index in [0.29, 0.717) is 38.5 Å². The summed E-state index contributed by atoms with van der Waals surface area (Å²) in [6.45, 7) is 12.3. The number of unbranched alkanes of at least 4 members (excludes halogenated alkanes) is 1. The van der Waals surface area contributed by atoms with Crippen LogP contribution >= 0.6 is 0 Å². The Morgan fingerprint density at radius 1 is 0.545 bits per heavy atom. The van der Waals surface area contributed by atoms with E-state index in [4.69, 9.17) is 2.81 Å². The summed E-state index contributed by atoms with van der Waals surface area (Å²) < 4.78 is 17.5. The molecule has 0 aromatic carbocycles. The van der Waals surface area contributed by atoms with E-state index in [1.54, 1.807) is 0 Å². The molecule has 11 heteroatoms. The van der Waals surface area contributed by atoms with Crippen LogP contribution in [0.3, 0.4) is 0 Å². The van der Waals surface area contributed by atoms with Crippen molar-refractivity contribution in [2.75, 3.05) is 6.61 Å². The minimum atomic E-state index is -0.534. The van der Waals surface area contributed by atoms with Gasteiger partial charge >= 0.3 is 90.2 Å². The molecule has 0 radical (unpaired) electrons. The Hall–Kier alpha value is -1.74. The molecule has 0 amide bonds. The Balaban J connectivity index is -0.000000172. The number of carbonyl (C=O) groups excluding carboxylic acids is 6. The number of ether oxygens (including phenoxy) is 3. The molecule has 0 saturated carbocycles. The van der Waals surface area contributed by atoms with Crippen molar-refractivity contribution in [1.82, 2.24) is 0 Å². The maximum absolute atomic E-state index is 10.4. The zero-order valence-corrected chi connectivity index (χ0v) is 23.4. The van der Waals surface area contributed by atoms with E-state index in [0.717, 1.165) is 6.61 Å². The van der Waals surface area contributed by atoms with Gasteiger partial charge in [-0.3, -0.25) is 28.8 Å². The summed E-state index contributed by atoms with van der Waals surface area (Å²) in [7, 11) is 0. The molecule has 0 aliphatic heterocycles. The molecule has 0 bridgehead atoms. The van der Waals surface area contributed by atoms with Crippen LogP contribution in [-0.2, 0) is 71.0 Å². The molecule has 0 heterocycles. The Morgan fingerprint density at radius 2 is 0.818 bits per heavy atom. The zero-order valence-electron chi connectivity index (χ0n) is 20.9. The van der Waals surface area contributed by atoms with Crippen molar-refractivity contribution in [2.24, 2.45) is 0 Å². The summed E-state index contributed by atoms with van der Waals surface area (Å²) in [5, 5.41) is 0. The van der Waals surface area contributed by atoms with E-state index in [9.17, 15) is 28.8 Å². The van der Waals surface area contributed by atoms with Crippen LogP contribution in [0.4, 0.5) is 0 Å². The first-order chi connectivity index (χ1) is 15.4. The number of hydrogen-bond acceptors (Lipinski definition) is 10. The second-order valence-corrected chi connectivity index (χ2v) is 7.06. The fourth-order valence-corrected chi connectivity index (χ4v) is 1.82. The van der Waals surface area contributed by atoms with Crippen molar-refractivity contribution >= 4 is 35.8 Å². The molecule has 0 atom stereocenters. The Morgan fingerprint density at radius 3 is 0.939 bits per heavy atom. The van der Waals surface area contributed by atoms with Gasteiger partial charge < -0.3 is 14.2 Å². The van der Waals surface area contributed by atoms with Crippen molar-refractivity contribution < 1.29 is 71.0 Å². The fourth-order valence-electron chi connectivity index (χ4n) is 1.46. The first kappa shape index (κ1) is 38.5. The monoisotopic (exact) mass is 553 g/mol. The van der Waals surface area contributed by atoms with E-state index in [2.05, 4.69) is 21.1 Å². The van der Waals surface area contributed by atoms with Gasteiger partial charge in [-0.15, -0.1) is 0 Å². The molecule has 0 aliphatic rings. The van der Waals surface area contributed by atoms with Crippen molar-refractivity contribution in [3.05, 3.63) is 0 Å². The summed E-state index contributed by atoms with van der Waals surface area (Å²) in [5.74, 6) is -2.92. The second-order valence-electron chi connectivity index (χ2n) is 6.35. The summed E-state index contributed by atoms with van der Waals surface area (Å²) in [6.07, 6.45) is 5.56. The summed E-state index contributed by atoms with van der Waals surface area (Å²) in [6, 6.07) is 0. The minimum absolute atomic E-state index is 0.319. The fraction of sp³-hybridized carbons (Fsp3) is 0.727. The van der Waals surface area contributed by atoms with Gasteiger partial charge in [0.2, 0.25) is 0 Å². The van der Waals surface area contributed by atoms with Gasteiger partial charge in [-0.2, -0.15) is 0 Å². The van der Waals surface area contributed by atoms with Crippen LogP contribution in [0.5, 0.6) is 0 Å². The van der Waals surface area contributed by atoms with E-state index < -0.39 is 35.8 Å². The van der Waals surface area contributed by atoms with Gasteiger partial charge in [0.25, 0.3) is 0 Å². The van der Waals surface area contributed by atoms with E-state index in [1.165, 1.54) is 58.8 Å². The van der Waals surface area contributed by atoms with Gasteiger partial charge in [-0.05, 0) is 19.3 Å². The second kappa shape index (κ2) is 30.3. The van der Waals surface area contributed by atoms with Crippen molar-refractivity contribution in [2.45, 2.75) is 99.8 Å². The van der Waals surface area contributed by atoms with Crippen LogP contribution in [0.2, 0.25) is 0 Å². The van der Waals surface area contributed by atoms with Crippen LogP contribution in [0.1, 0.15) is 99.8 Å². The predicted molar refractivity (Wildman–Crippen MR) is 116 cm³/mol. The molecule has 0 rings (SSSR count). The van der Waals surface area contributed by atoms with Gasteiger partial charge in [0.05, 0.1) is 0 Å². The third-order valence-electron chi connectivity index (χ3n) is 2.74. The van der Waals surface area contributed by atoms with Crippen LogP contribution in [0.25, 0.3) is 0 Å². The molecule has 0 aliphatic carbocycles. The Labute approximate surface area is 212 Å². The molecular weight excluding hydrogens is 515 g/mol. The standard InChI is InChI=1S/3C6H10O3.C4H9O.Zr/c3*1-3-4-6(8)9-5(2)7;1-2-3-4-5;/h3*3-4H2,1-2H3;2-4H2,1H3;/q;;;-1;+1. The Bertz CT molecular complexity index is 486. The van der Waals surface area contributed by atoms with Crippen molar-refractivity contribution in [3.8, 4) is 0 Å². The molecule has 0 aromatic rings. The first-order valence-electron chi connectivity index (χ1n) is 10.8. The van der Waals surface area contributed by atoms with Crippen molar-refractivity contribution in [3.63, 3.8) is 0 Å². The topological polar surface area (TPSA) is 139 Å². The van der Waals surface area contributed by atoms with Crippen LogP contribution < -0.4 is 0 Å². The zero-order chi connectivity index (χ0) is 26.7. The average Bonchev–Trinajstić information content (AvgIpc) is 2.66. The van der Waals surface area contributed by atoms with Crippen LogP contribution in [0, 0.1) is 0 Å². The maximum atomic E-state index is 10.4. The number of esters is 6. The van der Waals surface area contributed by atoms with E-state index >= 15 is 0 Å². The quantitative estimate of drug-likeness (QED) is 0.178. The number of hydrogen-bond donors (Lipinski definition) is 0. The van der Waals surface area contributed by atoms with E-state index in [-0.39, 0.29) is 0 Å². The third-order valence-corrected chi connectivity index (χ3v) is 3.24. The van der Waals surface area contributed by atoms with Gasteiger partial charge in [0.1, 0.15) is 0 Å². The van der Waals surface area contributed by atoms with E-state index in [1.807, 2.05) is 20.8 Å². The van der Waals surface area contributed by atoms with Gasteiger partial charge in [-0.25, -0.2) is 0 Å². The van der Waals surface area contributed by atoms with Gasteiger partial charge in [0.15, 0.2) is 0 Å². The average molecular weight is 555 g/mol. The van der Waals surface area contributed by atoms with Gasteiger partial charge in [0, 0.05) is 40.0 Å². The molecule has 10 nitrogen and oxygen atoms in total. The molecule has 0 aromatic heterocycles. The van der Waals surface area contributed by atoms with Gasteiger partial charge in [-0.1, -0.05) is 20.8 Å². The summed E-state index contributed by atoms with van der Waals surface area (Å²) >= 11 is 1.19. The molecule has 0 spiro atoms. The first-order valence-corrected chi connectivity index (χ1v) is 11.8. The van der Waals surface area contributed by atoms with Crippen LogP contribution in [0.15, 0.2) is 0 Å². The molecule has 0 N–H and O–H groups in total. The predicted octanol–water partition coefficient (Wildman–Crippen LogP) is 3.89. The molecule has 0 unspecified atom stereocenters. The molecule has 0 saturated heterocycles. The summed E-state index contributed by atoms with van der Waals surface area (Å²) in [4.78, 5) is 61.5. The SMILES string of the molecule is CCCC(=O)OC(C)=O.CCCC(=O)OC(C)=O.CCCC(=O)OC(C)=O.CCCC[O][Zr]. The third kappa shape index (κ3) is 48.8. The number of carbonyl (C=O) groups is 6. The normalized spacial score (nSPS) is 8.67.